The summed E-state index contributed by atoms with van der Waals surface area (Å²) in [5.74, 6) is -0.684. The molecule has 2 aromatic carbocycles. The maximum absolute atomic E-state index is 12.1. The number of hydrogen-bond donors (Lipinski definition) is 2. The molecule has 1 aliphatic heterocycles. The van der Waals surface area contributed by atoms with Crippen LogP contribution in [0.15, 0.2) is 72.9 Å². The van der Waals surface area contributed by atoms with Crippen LogP contribution in [0.1, 0.15) is 45.1 Å². The molecular weight excluding hydrogens is 574 g/mol. The lowest BCUT2D eigenvalue weighted by atomic mass is 9.96. The first-order valence-corrected chi connectivity index (χ1v) is 14.0. The molecule has 9 nitrogen and oxygen atoms in total. The fraction of sp³-hybridized carbons (Fsp3) is 0.226. The van der Waals surface area contributed by atoms with Gasteiger partial charge in [0.2, 0.25) is 5.91 Å². The van der Waals surface area contributed by atoms with Gasteiger partial charge < -0.3 is 29.6 Å². The Bertz CT molecular complexity index is 1640. The molecule has 2 atom stereocenters. The molecule has 2 aromatic heterocycles. The second-order valence-electron chi connectivity index (χ2n) is 9.84. The second-order valence-corrected chi connectivity index (χ2v) is 10.6. The van der Waals surface area contributed by atoms with E-state index in [1.54, 1.807) is 30.5 Å². The fourth-order valence-electron chi connectivity index (χ4n) is 5.37. The lowest BCUT2D eigenvalue weighted by Crippen LogP contribution is -2.29. The van der Waals surface area contributed by atoms with Crippen molar-refractivity contribution in [2.75, 3.05) is 31.0 Å². The molecule has 0 saturated carbocycles. The van der Waals surface area contributed by atoms with Gasteiger partial charge in [-0.15, -0.1) is 0 Å². The van der Waals surface area contributed by atoms with Crippen LogP contribution in [0.3, 0.4) is 0 Å². The van der Waals surface area contributed by atoms with Crippen LogP contribution in [0.25, 0.3) is 5.69 Å². The van der Waals surface area contributed by atoms with E-state index < -0.39 is 0 Å². The van der Waals surface area contributed by atoms with Crippen molar-refractivity contribution in [3.8, 4) is 5.69 Å². The van der Waals surface area contributed by atoms with Gasteiger partial charge in [-0.3, -0.25) is 9.78 Å². The van der Waals surface area contributed by atoms with Crippen molar-refractivity contribution in [2.45, 2.75) is 25.9 Å². The molecule has 11 heteroatoms. The van der Waals surface area contributed by atoms with E-state index in [2.05, 4.69) is 33.2 Å². The standard InChI is InChI=1S/C31H30ClN5O4S/c1-18-15-23(19(2)36(18)21-10-8-20(9-11-21)30(39)41-4)29-28(26-7-5-6-14-33-26)35-31(42)37(29)22-12-13-25(24(32)16-22)34-27(38)17-40-3/h5-16,28-29H,17H2,1-4H3,(H,34,38)(H,35,42). The molecule has 1 saturated heterocycles. The SMILES string of the molecule is COCC(=O)Nc1ccc(N2C(=S)NC(c3ccccn3)C2c2cc(C)n(-c3ccc(C(=O)OC)cc3)c2C)cc1Cl. The number of ether oxygens (including phenoxy) is 2. The first kappa shape index (κ1) is 29.2. The molecular formula is C31H30ClN5O4S. The largest absolute Gasteiger partial charge is 0.465 e. The summed E-state index contributed by atoms with van der Waals surface area (Å²) in [6.07, 6.45) is 1.76. The minimum absolute atomic E-state index is 0.0763. The Morgan fingerprint density at radius 3 is 2.43 bits per heavy atom. The third-order valence-corrected chi connectivity index (χ3v) is 7.84. The Kier molecular flexibility index (Phi) is 8.58. The van der Waals surface area contributed by atoms with Crippen molar-refractivity contribution in [3.05, 3.63) is 106 Å². The number of benzene rings is 2. The van der Waals surface area contributed by atoms with Crippen molar-refractivity contribution in [2.24, 2.45) is 0 Å². The number of anilines is 2. The third-order valence-electron chi connectivity index (χ3n) is 7.21. The number of aromatic nitrogens is 2. The van der Waals surface area contributed by atoms with Gasteiger partial charge in [-0.2, -0.15) is 0 Å². The van der Waals surface area contributed by atoms with E-state index in [4.69, 9.17) is 33.3 Å². The highest BCUT2D eigenvalue weighted by Crippen LogP contribution is 2.44. The lowest BCUT2D eigenvalue weighted by molar-refractivity contribution is -0.119. The Balaban J connectivity index is 1.58. The lowest BCUT2D eigenvalue weighted by Gasteiger charge is -2.28. The number of rotatable bonds is 8. The van der Waals surface area contributed by atoms with E-state index in [0.717, 1.165) is 34.0 Å². The summed E-state index contributed by atoms with van der Waals surface area (Å²) in [7, 11) is 2.82. The van der Waals surface area contributed by atoms with Gasteiger partial charge in [-0.1, -0.05) is 17.7 Å². The molecule has 216 valence electrons. The van der Waals surface area contributed by atoms with Crippen LogP contribution in [0.5, 0.6) is 0 Å². The summed E-state index contributed by atoms with van der Waals surface area (Å²) in [4.78, 5) is 30.7. The maximum atomic E-state index is 12.1. The van der Waals surface area contributed by atoms with Gasteiger partial charge in [0.1, 0.15) is 6.61 Å². The van der Waals surface area contributed by atoms with Crippen LogP contribution in [0, 0.1) is 13.8 Å². The number of carbonyl (C=O) groups excluding carboxylic acids is 2. The first-order valence-electron chi connectivity index (χ1n) is 13.2. The number of pyridine rings is 1. The highest BCUT2D eigenvalue weighted by molar-refractivity contribution is 7.80. The van der Waals surface area contributed by atoms with Crippen LogP contribution in [0.2, 0.25) is 5.02 Å². The van der Waals surface area contributed by atoms with Crippen molar-refractivity contribution in [1.82, 2.24) is 14.9 Å². The first-order chi connectivity index (χ1) is 20.2. The number of esters is 1. The van der Waals surface area contributed by atoms with Gasteiger partial charge in [0.05, 0.1) is 41.2 Å². The number of hydrogen-bond acceptors (Lipinski definition) is 6. The van der Waals surface area contributed by atoms with Gasteiger partial charge in [0.15, 0.2) is 5.11 Å². The molecule has 0 aliphatic carbocycles. The van der Waals surface area contributed by atoms with Crippen molar-refractivity contribution in [1.29, 1.82) is 0 Å². The molecule has 3 heterocycles. The van der Waals surface area contributed by atoms with E-state index in [1.807, 2.05) is 48.2 Å². The average Bonchev–Trinajstić information content (AvgIpc) is 3.49. The molecule has 5 rings (SSSR count). The van der Waals surface area contributed by atoms with Crippen molar-refractivity contribution < 1.29 is 19.1 Å². The molecule has 0 spiro atoms. The summed E-state index contributed by atoms with van der Waals surface area (Å²) in [6.45, 7) is 4.03. The number of nitrogens with zero attached hydrogens (tertiary/aromatic N) is 3. The zero-order valence-electron chi connectivity index (χ0n) is 23.6. The molecule has 42 heavy (non-hydrogen) atoms. The van der Waals surface area contributed by atoms with Crippen LogP contribution >= 0.6 is 23.8 Å². The van der Waals surface area contributed by atoms with Crippen LogP contribution in [-0.4, -0.2) is 47.4 Å². The summed E-state index contributed by atoms with van der Waals surface area (Å²) < 4.78 is 11.9. The molecule has 2 N–H and O–H groups in total. The summed E-state index contributed by atoms with van der Waals surface area (Å²) >= 11 is 12.5. The minimum atomic E-state index is -0.384. The number of halogens is 1. The van der Waals surface area contributed by atoms with Crippen LogP contribution in [-0.2, 0) is 14.3 Å². The van der Waals surface area contributed by atoms with Gasteiger partial charge in [-0.05, 0) is 92.3 Å². The highest BCUT2D eigenvalue weighted by Gasteiger charge is 2.42. The number of carbonyl (C=O) groups is 2. The molecule has 1 amide bonds. The molecule has 0 bridgehead atoms. The Morgan fingerprint density at radius 1 is 1.05 bits per heavy atom. The van der Waals surface area contributed by atoms with Gasteiger partial charge in [0.25, 0.3) is 0 Å². The zero-order valence-corrected chi connectivity index (χ0v) is 25.1. The Morgan fingerprint density at radius 2 is 1.79 bits per heavy atom. The van der Waals surface area contributed by atoms with E-state index in [-0.39, 0.29) is 30.6 Å². The van der Waals surface area contributed by atoms with E-state index in [9.17, 15) is 9.59 Å². The van der Waals surface area contributed by atoms with Crippen molar-refractivity contribution in [3.63, 3.8) is 0 Å². The zero-order chi connectivity index (χ0) is 30.0. The Hall–Kier alpha value is -4.25. The number of methoxy groups -OCH3 is 2. The molecule has 4 aromatic rings. The topological polar surface area (TPSA) is 97.7 Å². The Labute approximate surface area is 254 Å². The van der Waals surface area contributed by atoms with Gasteiger partial charge >= 0.3 is 5.97 Å². The molecule has 0 radical (unpaired) electrons. The van der Waals surface area contributed by atoms with E-state index in [0.29, 0.717) is 21.4 Å². The van der Waals surface area contributed by atoms with Crippen molar-refractivity contribution >= 4 is 52.2 Å². The number of nitrogens with one attached hydrogen (secondary N) is 2. The predicted octanol–water partition coefficient (Wildman–Crippen LogP) is 5.69. The fourth-order valence-corrected chi connectivity index (χ4v) is 5.94. The maximum Gasteiger partial charge on any atom is 0.337 e. The number of thiocarbonyl (C=S) groups is 1. The molecule has 2 unspecified atom stereocenters. The number of amides is 1. The summed E-state index contributed by atoms with van der Waals surface area (Å²) in [5.41, 5.74) is 6.54. The quantitative estimate of drug-likeness (QED) is 0.196. The van der Waals surface area contributed by atoms with Gasteiger partial charge in [0, 0.05) is 36.1 Å². The monoisotopic (exact) mass is 603 g/mol. The predicted molar refractivity (Wildman–Crippen MR) is 166 cm³/mol. The number of aryl methyl sites for hydroxylation is 1. The minimum Gasteiger partial charge on any atom is -0.465 e. The average molecular weight is 604 g/mol. The second kappa shape index (κ2) is 12.3. The molecule has 1 aliphatic rings. The molecule has 1 fully saturated rings. The highest BCUT2D eigenvalue weighted by atomic mass is 35.5. The normalized spacial score (nSPS) is 16.3. The summed E-state index contributed by atoms with van der Waals surface area (Å²) in [5, 5.41) is 7.14. The van der Waals surface area contributed by atoms with Gasteiger partial charge in [-0.25, -0.2) is 4.79 Å². The van der Waals surface area contributed by atoms with E-state index in [1.165, 1.54) is 14.2 Å². The summed E-state index contributed by atoms with van der Waals surface area (Å²) in [6, 6.07) is 20.2. The van der Waals surface area contributed by atoms with Crippen LogP contribution < -0.4 is 15.5 Å². The van der Waals surface area contributed by atoms with Crippen LogP contribution in [0.4, 0.5) is 11.4 Å². The van der Waals surface area contributed by atoms with E-state index >= 15 is 0 Å². The third kappa shape index (κ3) is 5.61. The smallest absolute Gasteiger partial charge is 0.337 e.